The SMILES string of the molecule is CCCCN(C(=O)CN1C[C@H](c2cc(CO)c3c(c2)OCO3)[C@@H](C(=O)O)[C@@H]1CCN1Cc2ccccc2C1=O)c1cccnc1. The molecule has 0 saturated carbocycles. The molecular formula is C34H38N4O7. The summed E-state index contributed by atoms with van der Waals surface area (Å²) in [5.74, 6) is -1.62. The highest BCUT2D eigenvalue weighted by Gasteiger charge is 2.48. The molecule has 3 atom stereocenters. The summed E-state index contributed by atoms with van der Waals surface area (Å²) >= 11 is 0. The fourth-order valence-electron chi connectivity index (χ4n) is 6.90. The number of benzene rings is 2. The van der Waals surface area contributed by atoms with Crippen molar-refractivity contribution in [1.29, 1.82) is 0 Å². The summed E-state index contributed by atoms with van der Waals surface area (Å²) in [5, 5.41) is 20.7. The Labute approximate surface area is 262 Å². The number of carbonyl (C=O) groups excluding carboxylic acids is 2. The van der Waals surface area contributed by atoms with Crippen LogP contribution in [0.2, 0.25) is 0 Å². The molecule has 4 heterocycles. The molecule has 0 unspecified atom stereocenters. The molecule has 236 valence electrons. The van der Waals surface area contributed by atoms with E-state index < -0.39 is 23.8 Å². The lowest BCUT2D eigenvalue weighted by molar-refractivity contribution is -0.143. The van der Waals surface area contributed by atoms with Crippen LogP contribution in [0, 0.1) is 5.92 Å². The molecule has 3 aromatic rings. The van der Waals surface area contributed by atoms with Gasteiger partial charge in [0.1, 0.15) is 0 Å². The predicted molar refractivity (Wildman–Crippen MR) is 165 cm³/mol. The van der Waals surface area contributed by atoms with Gasteiger partial charge in [0.05, 0.1) is 31.0 Å². The third-order valence-corrected chi connectivity index (χ3v) is 9.13. The summed E-state index contributed by atoms with van der Waals surface area (Å²) in [5.41, 5.74) is 3.55. The summed E-state index contributed by atoms with van der Waals surface area (Å²) < 4.78 is 11.2. The number of aliphatic hydroxyl groups is 1. The number of carboxylic acids is 1. The van der Waals surface area contributed by atoms with Crippen LogP contribution in [-0.4, -0.2) is 81.8 Å². The molecule has 0 radical (unpaired) electrons. The lowest BCUT2D eigenvalue weighted by Crippen LogP contribution is -2.45. The number of fused-ring (bicyclic) bond motifs is 2. The van der Waals surface area contributed by atoms with Gasteiger partial charge in [-0.1, -0.05) is 31.5 Å². The normalized spacial score (nSPS) is 20.4. The number of hydrogen-bond donors (Lipinski definition) is 2. The molecule has 3 aliphatic heterocycles. The number of amides is 2. The zero-order valence-electron chi connectivity index (χ0n) is 25.3. The highest BCUT2D eigenvalue weighted by atomic mass is 16.7. The zero-order valence-corrected chi connectivity index (χ0v) is 25.3. The van der Waals surface area contributed by atoms with E-state index in [2.05, 4.69) is 11.9 Å². The summed E-state index contributed by atoms with van der Waals surface area (Å²) in [6.07, 6.45) is 5.41. The van der Waals surface area contributed by atoms with Gasteiger partial charge in [-0.25, -0.2) is 0 Å². The van der Waals surface area contributed by atoms with E-state index in [4.69, 9.17) is 9.47 Å². The molecule has 45 heavy (non-hydrogen) atoms. The van der Waals surface area contributed by atoms with E-state index in [1.165, 1.54) is 0 Å². The van der Waals surface area contributed by atoms with Crippen molar-refractivity contribution in [2.24, 2.45) is 5.92 Å². The molecule has 0 bridgehead atoms. The predicted octanol–water partition coefficient (Wildman–Crippen LogP) is 3.65. The average molecular weight is 615 g/mol. The van der Waals surface area contributed by atoms with Gasteiger partial charge in [-0.3, -0.25) is 24.3 Å². The summed E-state index contributed by atoms with van der Waals surface area (Å²) in [6, 6.07) is 14.2. The largest absolute Gasteiger partial charge is 0.481 e. The lowest BCUT2D eigenvalue weighted by Gasteiger charge is -2.30. The molecule has 3 aliphatic rings. The first-order valence-corrected chi connectivity index (χ1v) is 15.5. The highest BCUT2D eigenvalue weighted by Crippen LogP contribution is 2.44. The number of hydrogen-bond acceptors (Lipinski definition) is 8. The molecule has 11 nitrogen and oxygen atoms in total. The van der Waals surface area contributed by atoms with Crippen LogP contribution in [0.1, 0.15) is 59.2 Å². The van der Waals surface area contributed by atoms with Gasteiger partial charge >= 0.3 is 5.97 Å². The Balaban J connectivity index is 1.30. The van der Waals surface area contributed by atoms with E-state index in [-0.39, 0.29) is 31.8 Å². The van der Waals surface area contributed by atoms with Crippen LogP contribution < -0.4 is 14.4 Å². The number of aliphatic hydroxyl groups excluding tert-OH is 1. The Hall–Kier alpha value is -4.48. The Morgan fingerprint density at radius 3 is 2.71 bits per heavy atom. The van der Waals surface area contributed by atoms with Crippen LogP contribution in [0.15, 0.2) is 60.9 Å². The second-order valence-corrected chi connectivity index (χ2v) is 11.8. The van der Waals surface area contributed by atoms with Gasteiger partial charge in [-0.15, -0.1) is 0 Å². The first-order valence-electron chi connectivity index (χ1n) is 15.5. The standard InChI is InChI=1S/C34H38N4O7/c1-2-3-12-38(25-8-6-11-35-16-25)30(40)19-37-18-27(23-14-24(20-39)32-29(15-23)44-21-45-32)31(34(42)43)28(37)10-13-36-17-22-7-4-5-9-26(22)33(36)41/h4-9,11,14-16,27-28,31,39H,2-3,10,12-13,17-21H2,1H3,(H,42,43)/t27-,28+,31-/m1/s1. The first kappa shape index (κ1) is 30.5. The molecule has 11 heteroatoms. The maximum atomic E-state index is 14.0. The van der Waals surface area contributed by atoms with Crippen LogP contribution >= 0.6 is 0 Å². The number of aromatic nitrogens is 1. The Morgan fingerprint density at radius 2 is 1.98 bits per heavy atom. The molecular weight excluding hydrogens is 576 g/mol. The first-order chi connectivity index (χ1) is 21.9. The van der Waals surface area contributed by atoms with Crippen molar-refractivity contribution in [3.05, 3.63) is 83.2 Å². The zero-order chi connectivity index (χ0) is 31.5. The van der Waals surface area contributed by atoms with E-state index in [1.54, 1.807) is 40.4 Å². The van der Waals surface area contributed by atoms with Crippen molar-refractivity contribution in [3.8, 4) is 11.5 Å². The van der Waals surface area contributed by atoms with Crippen LogP contribution in [-0.2, 0) is 22.7 Å². The van der Waals surface area contributed by atoms with Crippen LogP contribution in [0.4, 0.5) is 5.69 Å². The number of unbranched alkanes of at least 4 members (excludes halogenated alkanes) is 1. The Kier molecular flexibility index (Phi) is 8.99. The molecule has 2 N–H and O–H groups in total. The summed E-state index contributed by atoms with van der Waals surface area (Å²) in [4.78, 5) is 49.8. The number of nitrogens with zero attached hydrogens (tertiary/aromatic N) is 4. The van der Waals surface area contributed by atoms with E-state index in [0.29, 0.717) is 66.5 Å². The van der Waals surface area contributed by atoms with Crippen molar-refractivity contribution >= 4 is 23.5 Å². The Bertz CT molecular complexity index is 1570. The highest BCUT2D eigenvalue weighted by molar-refractivity contribution is 5.98. The van der Waals surface area contributed by atoms with E-state index in [9.17, 15) is 24.6 Å². The third-order valence-electron chi connectivity index (χ3n) is 9.13. The second kappa shape index (κ2) is 13.3. The molecule has 0 aliphatic carbocycles. The maximum Gasteiger partial charge on any atom is 0.308 e. The van der Waals surface area contributed by atoms with E-state index in [1.807, 2.05) is 35.2 Å². The Morgan fingerprint density at radius 1 is 1.13 bits per heavy atom. The molecule has 2 amide bonds. The minimum absolute atomic E-state index is 0.00906. The number of pyridine rings is 1. The molecule has 1 fully saturated rings. The number of likely N-dealkylation sites (tertiary alicyclic amines) is 1. The maximum absolute atomic E-state index is 14.0. The van der Waals surface area contributed by atoms with Gasteiger partial charge in [0.25, 0.3) is 5.91 Å². The van der Waals surface area contributed by atoms with E-state index in [0.717, 1.165) is 18.4 Å². The van der Waals surface area contributed by atoms with E-state index >= 15 is 0 Å². The summed E-state index contributed by atoms with van der Waals surface area (Å²) in [7, 11) is 0. The number of aliphatic carboxylic acids is 1. The number of ether oxygens (including phenoxy) is 2. The number of rotatable bonds is 12. The van der Waals surface area contributed by atoms with Gasteiger partial charge in [-0.2, -0.15) is 0 Å². The number of carboxylic acid groups (broad SMARTS) is 1. The van der Waals surface area contributed by atoms with Crippen molar-refractivity contribution in [3.63, 3.8) is 0 Å². The van der Waals surface area contributed by atoms with Crippen molar-refractivity contribution < 1.29 is 34.1 Å². The number of carbonyl (C=O) groups is 3. The average Bonchev–Trinajstić information content (AvgIpc) is 3.76. The van der Waals surface area contributed by atoms with Gasteiger partial charge in [0.15, 0.2) is 11.5 Å². The van der Waals surface area contributed by atoms with Crippen LogP contribution in [0.25, 0.3) is 0 Å². The van der Waals surface area contributed by atoms with Gasteiger partial charge in [0, 0.05) is 55.5 Å². The molecule has 0 spiro atoms. The third kappa shape index (κ3) is 6.10. The summed E-state index contributed by atoms with van der Waals surface area (Å²) in [6.45, 7) is 3.46. The van der Waals surface area contributed by atoms with Crippen molar-refractivity contribution in [2.75, 3.05) is 37.9 Å². The van der Waals surface area contributed by atoms with Gasteiger partial charge in [-0.05, 0) is 54.3 Å². The van der Waals surface area contributed by atoms with Gasteiger partial charge in [0.2, 0.25) is 12.7 Å². The lowest BCUT2D eigenvalue weighted by atomic mass is 9.83. The molecule has 1 aromatic heterocycles. The monoisotopic (exact) mass is 614 g/mol. The molecule has 1 saturated heterocycles. The molecule has 6 rings (SSSR count). The fourth-order valence-corrected chi connectivity index (χ4v) is 6.90. The van der Waals surface area contributed by atoms with Crippen molar-refractivity contribution in [1.82, 2.24) is 14.8 Å². The quantitative estimate of drug-likeness (QED) is 0.314. The van der Waals surface area contributed by atoms with Crippen LogP contribution in [0.3, 0.4) is 0 Å². The smallest absolute Gasteiger partial charge is 0.308 e. The minimum Gasteiger partial charge on any atom is -0.481 e. The second-order valence-electron chi connectivity index (χ2n) is 11.8. The van der Waals surface area contributed by atoms with Crippen LogP contribution in [0.5, 0.6) is 11.5 Å². The van der Waals surface area contributed by atoms with Gasteiger partial charge < -0.3 is 29.5 Å². The van der Waals surface area contributed by atoms with Crippen molar-refractivity contribution in [2.45, 2.75) is 51.3 Å². The topological polar surface area (TPSA) is 133 Å². The minimum atomic E-state index is -0.978. The fraction of sp³-hybridized carbons (Fsp3) is 0.412. The number of anilines is 1. The molecule has 2 aromatic carbocycles.